The lowest BCUT2D eigenvalue weighted by molar-refractivity contribution is -0.118. The fraction of sp³-hybridized carbons (Fsp3) is 0.304. The van der Waals surface area contributed by atoms with Crippen LogP contribution in [0.4, 0.5) is 0 Å². The highest BCUT2D eigenvalue weighted by molar-refractivity contribution is 6.46. The molecule has 0 saturated heterocycles. The summed E-state index contributed by atoms with van der Waals surface area (Å²) in [6, 6.07) is 17.1. The van der Waals surface area contributed by atoms with Crippen molar-refractivity contribution in [2.24, 2.45) is 0 Å². The molecule has 0 unspecified atom stereocenters. The summed E-state index contributed by atoms with van der Waals surface area (Å²) in [4.78, 5) is 16.3. The van der Waals surface area contributed by atoms with Crippen molar-refractivity contribution in [3.8, 4) is 17.2 Å². The first kappa shape index (κ1) is 21.8. The number of hydrogen-bond donors (Lipinski definition) is 2. The van der Waals surface area contributed by atoms with Gasteiger partial charge >= 0.3 is 7.05 Å². The first-order chi connectivity index (χ1) is 14.4. The van der Waals surface area contributed by atoms with Gasteiger partial charge in [-0.25, -0.2) is 4.98 Å². The fourth-order valence-electron chi connectivity index (χ4n) is 3.20. The Labute approximate surface area is 177 Å². The van der Waals surface area contributed by atoms with Crippen molar-refractivity contribution in [2.45, 2.75) is 39.6 Å². The Balaban J connectivity index is 1.53. The summed E-state index contributed by atoms with van der Waals surface area (Å²) in [5.41, 5.74) is 2.84. The standard InChI is InChI=1S/C23H27BN2O4/c1-16(27)22(26-24(3)28)15-18-9-11-20(12-10-18)29-14-13-21-17(2)30-23(25-21)19-7-5-4-6-8-19/h4-12,22,26,28H,13-15H2,1-3H3/t22-/m0/s1. The van der Waals surface area contributed by atoms with E-state index in [0.29, 0.717) is 25.3 Å². The minimum absolute atomic E-state index is 0.00548. The highest BCUT2D eigenvalue weighted by Gasteiger charge is 2.18. The second-order valence-electron chi connectivity index (χ2n) is 7.34. The van der Waals surface area contributed by atoms with Gasteiger partial charge in [0, 0.05) is 12.0 Å². The number of ether oxygens (including phenoxy) is 1. The molecule has 0 saturated carbocycles. The van der Waals surface area contributed by atoms with Gasteiger partial charge < -0.3 is 19.4 Å². The number of benzene rings is 2. The number of nitrogens with one attached hydrogen (secondary N) is 1. The van der Waals surface area contributed by atoms with Gasteiger partial charge in [-0.15, -0.1) is 0 Å². The number of Topliss-reactive ketones (excluding diaryl/α,β-unsaturated/α-hetero) is 1. The van der Waals surface area contributed by atoms with Crippen LogP contribution in [0, 0.1) is 6.92 Å². The van der Waals surface area contributed by atoms with Gasteiger partial charge in [-0.2, -0.15) is 0 Å². The topological polar surface area (TPSA) is 84.6 Å². The van der Waals surface area contributed by atoms with Gasteiger partial charge in [-0.1, -0.05) is 30.3 Å². The molecule has 0 radical (unpaired) electrons. The third kappa shape index (κ3) is 6.05. The van der Waals surface area contributed by atoms with Gasteiger partial charge in [0.05, 0.1) is 18.3 Å². The molecule has 30 heavy (non-hydrogen) atoms. The molecule has 1 aromatic heterocycles. The van der Waals surface area contributed by atoms with Crippen molar-refractivity contribution in [2.75, 3.05) is 6.61 Å². The Morgan fingerprint density at radius 3 is 2.53 bits per heavy atom. The number of ketones is 1. The van der Waals surface area contributed by atoms with Crippen molar-refractivity contribution in [3.05, 3.63) is 71.6 Å². The van der Waals surface area contributed by atoms with Crippen molar-refractivity contribution >= 4 is 12.8 Å². The van der Waals surface area contributed by atoms with Gasteiger partial charge in [-0.3, -0.25) is 4.79 Å². The number of aryl methyl sites for hydroxylation is 1. The van der Waals surface area contributed by atoms with Crippen LogP contribution in [0.3, 0.4) is 0 Å². The summed E-state index contributed by atoms with van der Waals surface area (Å²) in [6.07, 6.45) is 1.16. The Morgan fingerprint density at radius 2 is 1.90 bits per heavy atom. The van der Waals surface area contributed by atoms with E-state index >= 15 is 0 Å². The van der Waals surface area contributed by atoms with Crippen LogP contribution < -0.4 is 9.96 Å². The molecule has 1 atom stereocenters. The smallest absolute Gasteiger partial charge is 0.374 e. The summed E-state index contributed by atoms with van der Waals surface area (Å²) in [7, 11) is -0.732. The van der Waals surface area contributed by atoms with Crippen LogP contribution in [-0.2, 0) is 17.6 Å². The average molecular weight is 406 g/mol. The van der Waals surface area contributed by atoms with Crippen molar-refractivity contribution in [3.63, 3.8) is 0 Å². The number of hydrogen-bond acceptors (Lipinski definition) is 6. The summed E-state index contributed by atoms with van der Waals surface area (Å²) in [6.45, 7) is 5.52. The van der Waals surface area contributed by atoms with Crippen LogP contribution in [0.25, 0.3) is 11.5 Å². The zero-order chi connectivity index (χ0) is 21.5. The highest BCUT2D eigenvalue weighted by Crippen LogP contribution is 2.22. The van der Waals surface area contributed by atoms with E-state index in [9.17, 15) is 9.82 Å². The summed E-state index contributed by atoms with van der Waals surface area (Å²) in [5, 5.41) is 12.3. The first-order valence-corrected chi connectivity index (χ1v) is 10.1. The Morgan fingerprint density at radius 1 is 1.20 bits per heavy atom. The van der Waals surface area contributed by atoms with Crippen molar-refractivity contribution in [1.82, 2.24) is 10.2 Å². The molecular weight excluding hydrogens is 379 g/mol. The molecule has 6 nitrogen and oxygen atoms in total. The van der Waals surface area contributed by atoms with Gasteiger partial charge in [0.15, 0.2) is 0 Å². The molecule has 7 heteroatoms. The maximum atomic E-state index is 11.7. The molecule has 2 aromatic carbocycles. The lowest BCUT2D eigenvalue weighted by atomic mass is 9.85. The number of aromatic nitrogens is 1. The second kappa shape index (κ2) is 10.2. The third-order valence-corrected chi connectivity index (χ3v) is 4.82. The first-order valence-electron chi connectivity index (χ1n) is 10.1. The molecular formula is C23H27BN2O4. The number of carbonyl (C=O) groups is 1. The van der Waals surface area contributed by atoms with Crippen LogP contribution in [0.5, 0.6) is 5.75 Å². The predicted molar refractivity (Wildman–Crippen MR) is 117 cm³/mol. The van der Waals surface area contributed by atoms with Crippen LogP contribution in [0.15, 0.2) is 59.0 Å². The predicted octanol–water partition coefficient (Wildman–Crippen LogP) is 3.47. The van der Waals surface area contributed by atoms with Gasteiger partial charge in [0.25, 0.3) is 0 Å². The van der Waals surface area contributed by atoms with E-state index in [-0.39, 0.29) is 5.78 Å². The molecule has 0 aliphatic carbocycles. The Bertz CT molecular complexity index is 955. The van der Waals surface area contributed by atoms with E-state index in [1.807, 2.05) is 61.5 Å². The number of oxazole rings is 1. The molecule has 156 valence electrons. The highest BCUT2D eigenvalue weighted by atomic mass is 16.5. The van der Waals surface area contributed by atoms with Crippen LogP contribution in [0.1, 0.15) is 23.9 Å². The molecule has 0 fully saturated rings. The van der Waals surface area contributed by atoms with E-state index in [2.05, 4.69) is 10.2 Å². The Kier molecular flexibility index (Phi) is 7.44. The molecule has 1 heterocycles. The lowest BCUT2D eigenvalue weighted by Crippen LogP contribution is -2.45. The largest absolute Gasteiger partial charge is 0.493 e. The monoisotopic (exact) mass is 406 g/mol. The quantitative estimate of drug-likeness (QED) is 0.502. The van der Waals surface area contributed by atoms with E-state index in [4.69, 9.17) is 9.15 Å². The number of rotatable bonds is 10. The SMILES string of the molecule is CB(O)N[C@@H](Cc1ccc(OCCc2nc(-c3ccccc3)oc2C)cc1)C(C)=O. The summed E-state index contributed by atoms with van der Waals surface area (Å²) >= 11 is 0. The fourth-order valence-corrected chi connectivity index (χ4v) is 3.20. The molecule has 0 bridgehead atoms. The molecule has 0 aliphatic heterocycles. The maximum absolute atomic E-state index is 11.7. The zero-order valence-corrected chi connectivity index (χ0v) is 17.6. The molecule has 2 N–H and O–H groups in total. The normalized spacial score (nSPS) is 11.9. The zero-order valence-electron chi connectivity index (χ0n) is 17.6. The average Bonchev–Trinajstić information content (AvgIpc) is 3.10. The molecule has 0 spiro atoms. The molecule has 3 aromatic rings. The molecule has 3 rings (SSSR count). The van der Waals surface area contributed by atoms with E-state index in [0.717, 1.165) is 28.3 Å². The lowest BCUT2D eigenvalue weighted by Gasteiger charge is -2.16. The van der Waals surface area contributed by atoms with E-state index in [1.165, 1.54) is 6.92 Å². The summed E-state index contributed by atoms with van der Waals surface area (Å²) in [5.74, 6) is 2.17. The van der Waals surface area contributed by atoms with Gasteiger partial charge in [-0.05, 0) is 56.9 Å². The molecule has 0 amide bonds. The second-order valence-corrected chi connectivity index (χ2v) is 7.34. The number of nitrogens with zero attached hydrogens (tertiary/aromatic N) is 1. The van der Waals surface area contributed by atoms with E-state index in [1.54, 1.807) is 6.82 Å². The van der Waals surface area contributed by atoms with Gasteiger partial charge in [0.2, 0.25) is 5.89 Å². The minimum atomic E-state index is -0.732. The van der Waals surface area contributed by atoms with Crippen molar-refractivity contribution < 1.29 is 19.0 Å². The van der Waals surface area contributed by atoms with Crippen LogP contribution >= 0.6 is 0 Å². The minimum Gasteiger partial charge on any atom is -0.493 e. The van der Waals surface area contributed by atoms with Crippen LogP contribution in [0.2, 0.25) is 6.82 Å². The molecule has 0 aliphatic rings. The van der Waals surface area contributed by atoms with E-state index < -0.39 is 13.1 Å². The van der Waals surface area contributed by atoms with Gasteiger partial charge in [0.1, 0.15) is 17.3 Å². The number of carbonyl (C=O) groups excluding carboxylic acids is 1. The maximum Gasteiger partial charge on any atom is 0.374 e. The van der Waals surface area contributed by atoms with Crippen LogP contribution in [-0.4, -0.2) is 35.5 Å². The Hall–Kier alpha value is -2.90. The third-order valence-electron chi connectivity index (χ3n) is 4.82. The van der Waals surface area contributed by atoms with Crippen molar-refractivity contribution in [1.29, 1.82) is 0 Å². The summed E-state index contributed by atoms with van der Waals surface area (Å²) < 4.78 is 11.6.